The van der Waals surface area contributed by atoms with Crippen LogP contribution in [0.2, 0.25) is 0 Å². The Balaban J connectivity index is 4.40. The summed E-state index contributed by atoms with van der Waals surface area (Å²) in [5.74, 6) is -0.917. The molecule has 1 atom stereocenters. The number of rotatable bonds is 62. The summed E-state index contributed by atoms with van der Waals surface area (Å²) >= 11 is 0. The van der Waals surface area contributed by atoms with Gasteiger partial charge >= 0.3 is 17.9 Å². The first kappa shape index (κ1) is 77.8. The molecule has 0 aliphatic heterocycles. The number of esters is 3. The second kappa shape index (κ2) is 69.3. The third-order valence-electron chi connectivity index (χ3n) is 14.7. The molecule has 0 aliphatic carbocycles. The Morgan fingerprint density at radius 1 is 0.256 bits per heavy atom. The summed E-state index contributed by atoms with van der Waals surface area (Å²) < 4.78 is 16.9. The summed E-state index contributed by atoms with van der Waals surface area (Å²) in [7, 11) is 0. The molecular weight excluding hydrogens is 1010 g/mol. The fourth-order valence-corrected chi connectivity index (χ4v) is 9.55. The van der Waals surface area contributed by atoms with E-state index in [-0.39, 0.29) is 31.1 Å². The molecule has 0 saturated carbocycles. The van der Waals surface area contributed by atoms with Gasteiger partial charge in [-0.3, -0.25) is 14.4 Å². The molecule has 0 N–H and O–H groups in total. The highest BCUT2D eigenvalue weighted by atomic mass is 16.6. The summed E-state index contributed by atoms with van der Waals surface area (Å²) in [5, 5.41) is 0. The maximum Gasteiger partial charge on any atom is 0.306 e. The van der Waals surface area contributed by atoms with Crippen molar-refractivity contribution in [2.45, 2.75) is 329 Å². The zero-order chi connectivity index (χ0) is 59.2. The number of ether oxygens (including phenoxy) is 3. The number of carbonyl (C=O) groups is 3. The third-order valence-corrected chi connectivity index (χ3v) is 14.7. The number of hydrogen-bond donors (Lipinski definition) is 0. The van der Waals surface area contributed by atoms with Gasteiger partial charge in [0.15, 0.2) is 6.10 Å². The molecule has 0 rings (SSSR count). The molecule has 0 aromatic heterocycles. The summed E-state index contributed by atoms with van der Waals surface area (Å²) in [5.41, 5.74) is 0. The molecule has 82 heavy (non-hydrogen) atoms. The Morgan fingerprint density at radius 3 is 0.768 bits per heavy atom. The minimum absolute atomic E-state index is 0.0890. The maximum atomic E-state index is 12.9. The van der Waals surface area contributed by atoms with Gasteiger partial charge in [0.1, 0.15) is 13.2 Å². The predicted octanol–water partition coefficient (Wildman–Crippen LogP) is 23.9. The Morgan fingerprint density at radius 2 is 0.476 bits per heavy atom. The van der Waals surface area contributed by atoms with Gasteiger partial charge in [-0.15, -0.1) is 0 Å². The Bertz CT molecular complexity index is 1690. The van der Waals surface area contributed by atoms with E-state index in [1.807, 2.05) is 0 Å². The van der Waals surface area contributed by atoms with Crippen molar-refractivity contribution in [3.63, 3.8) is 0 Å². The van der Waals surface area contributed by atoms with Gasteiger partial charge in [-0.1, -0.05) is 309 Å². The van der Waals surface area contributed by atoms with Crippen LogP contribution in [-0.4, -0.2) is 37.2 Å². The monoisotopic (exact) mass is 1140 g/mol. The molecule has 6 heteroatoms. The molecule has 0 radical (unpaired) electrons. The van der Waals surface area contributed by atoms with E-state index < -0.39 is 6.10 Å². The van der Waals surface area contributed by atoms with Crippen LogP contribution in [0.4, 0.5) is 0 Å². The quantitative estimate of drug-likeness (QED) is 0.0261. The first-order valence-corrected chi connectivity index (χ1v) is 34.5. The standard InChI is InChI=1S/C76H128O6/c1-4-7-10-13-16-19-22-25-28-31-32-33-34-35-36-37-38-39-40-41-42-43-44-46-48-51-54-57-60-63-66-69-75(78)81-72-73(71-80-74(77)68-65-62-59-56-53-50-47-30-27-24-21-18-15-12-9-6-3)82-76(79)70-67-64-61-58-55-52-49-45-29-26-23-20-17-14-11-8-5-2/h7,10,16,19,25-26,28-29,32-33,35-36,38-39,41-42,44,46,51,54,73H,4-6,8-9,11-15,17-18,20-24,27,30-31,34,37,40,43,45,47-50,52-53,55-72H2,1-3H3/b10-7-,19-16-,28-25-,29-26-,33-32-,36-35-,39-38-,42-41-,46-44-,54-51-. The van der Waals surface area contributed by atoms with Gasteiger partial charge in [0.05, 0.1) is 0 Å². The minimum Gasteiger partial charge on any atom is -0.462 e. The van der Waals surface area contributed by atoms with Crippen LogP contribution in [0.1, 0.15) is 323 Å². The number of allylic oxidation sites excluding steroid dienone is 20. The van der Waals surface area contributed by atoms with Crippen LogP contribution < -0.4 is 0 Å². The van der Waals surface area contributed by atoms with Gasteiger partial charge in [0.25, 0.3) is 0 Å². The van der Waals surface area contributed by atoms with Crippen molar-refractivity contribution in [2.24, 2.45) is 0 Å². The zero-order valence-electron chi connectivity index (χ0n) is 53.7. The number of carbonyl (C=O) groups excluding carboxylic acids is 3. The van der Waals surface area contributed by atoms with Crippen LogP contribution in [-0.2, 0) is 28.6 Å². The highest BCUT2D eigenvalue weighted by Gasteiger charge is 2.19. The Hall–Kier alpha value is -4.19. The second-order valence-electron chi connectivity index (χ2n) is 22.7. The van der Waals surface area contributed by atoms with Gasteiger partial charge in [0, 0.05) is 19.3 Å². The molecule has 0 bridgehead atoms. The highest BCUT2D eigenvalue weighted by molar-refractivity contribution is 5.71. The average molecular weight is 1140 g/mol. The summed E-state index contributed by atoms with van der Waals surface area (Å²) in [4.78, 5) is 38.4. The van der Waals surface area contributed by atoms with E-state index in [1.165, 1.54) is 161 Å². The lowest BCUT2D eigenvalue weighted by molar-refractivity contribution is -0.167. The second-order valence-corrected chi connectivity index (χ2v) is 22.7. The van der Waals surface area contributed by atoms with E-state index in [0.717, 1.165) is 122 Å². The van der Waals surface area contributed by atoms with E-state index in [4.69, 9.17) is 14.2 Å². The molecule has 0 fully saturated rings. The van der Waals surface area contributed by atoms with Crippen LogP contribution in [0, 0.1) is 0 Å². The normalized spacial score (nSPS) is 12.9. The van der Waals surface area contributed by atoms with Crippen molar-refractivity contribution in [3.05, 3.63) is 122 Å². The first-order valence-electron chi connectivity index (χ1n) is 34.5. The van der Waals surface area contributed by atoms with Crippen LogP contribution in [0.15, 0.2) is 122 Å². The van der Waals surface area contributed by atoms with Crippen molar-refractivity contribution in [1.29, 1.82) is 0 Å². The van der Waals surface area contributed by atoms with Gasteiger partial charge in [-0.05, 0) is 116 Å². The maximum absolute atomic E-state index is 12.9. The fraction of sp³-hybridized carbons (Fsp3) is 0.697. The van der Waals surface area contributed by atoms with Crippen LogP contribution in [0.25, 0.3) is 0 Å². The average Bonchev–Trinajstić information content (AvgIpc) is 3.48. The molecule has 0 spiro atoms. The number of unbranched alkanes of at least 4 members (excludes halogenated alkanes) is 31. The number of hydrogen-bond acceptors (Lipinski definition) is 6. The van der Waals surface area contributed by atoms with Gasteiger partial charge < -0.3 is 14.2 Å². The molecule has 0 aromatic rings. The molecule has 0 aromatic carbocycles. The largest absolute Gasteiger partial charge is 0.462 e. The third kappa shape index (κ3) is 66.6. The van der Waals surface area contributed by atoms with Gasteiger partial charge in [0.2, 0.25) is 0 Å². The molecule has 0 heterocycles. The van der Waals surface area contributed by atoms with Crippen molar-refractivity contribution in [2.75, 3.05) is 13.2 Å². The van der Waals surface area contributed by atoms with Crippen LogP contribution in [0.5, 0.6) is 0 Å². The highest BCUT2D eigenvalue weighted by Crippen LogP contribution is 2.16. The lowest BCUT2D eigenvalue weighted by Gasteiger charge is -2.18. The van der Waals surface area contributed by atoms with Gasteiger partial charge in [-0.25, -0.2) is 0 Å². The van der Waals surface area contributed by atoms with Crippen LogP contribution in [0.3, 0.4) is 0 Å². The molecular formula is C76H128O6. The van der Waals surface area contributed by atoms with Crippen molar-refractivity contribution in [1.82, 2.24) is 0 Å². The molecule has 468 valence electrons. The SMILES string of the molecule is CC/C=C\C/C=C\C/C=C\C/C=C\C/C=C\C/C=C\C/C=C\C/C=C\C/C=C\CCCCCC(=O)OCC(COC(=O)CCCCCCCCCCCCCCCCCC)OC(=O)CCCCCCCCC/C=C\CCCCCCCC. The first-order chi connectivity index (χ1) is 40.5. The molecule has 0 saturated heterocycles. The van der Waals surface area contributed by atoms with E-state index in [9.17, 15) is 14.4 Å². The van der Waals surface area contributed by atoms with E-state index in [0.29, 0.717) is 19.3 Å². The molecule has 6 nitrogen and oxygen atoms in total. The lowest BCUT2D eigenvalue weighted by atomic mass is 10.0. The Kier molecular flexibility index (Phi) is 65.8. The lowest BCUT2D eigenvalue weighted by Crippen LogP contribution is -2.30. The fourth-order valence-electron chi connectivity index (χ4n) is 9.55. The van der Waals surface area contributed by atoms with E-state index >= 15 is 0 Å². The Labute approximate surface area is 507 Å². The van der Waals surface area contributed by atoms with Crippen molar-refractivity contribution >= 4 is 17.9 Å². The molecule has 1 unspecified atom stereocenters. The van der Waals surface area contributed by atoms with Crippen LogP contribution >= 0.6 is 0 Å². The van der Waals surface area contributed by atoms with Gasteiger partial charge in [-0.2, -0.15) is 0 Å². The smallest absolute Gasteiger partial charge is 0.306 e. The van der Waals surface area contributed by atoms with E-state index in [1.54, 1.807) is 0 Å². The summed E-state index contributed by atoms with van der Waals surface area (Å²) in [6, 6.07) is 0. The summed E-state index contributed by atoms with van der Waals surface area (Å²) in [6.07, 6.45) is 96.4. The topological polar surface area (TPSA) is 78.9 Å². The molecule has 0 aliphatic rings. The zero-order valence-corrected chi connectivity index (χ0v) is 53.7. The van der Waals surface area contributed by atoms with Crippen molar-refractivity contribution < 1.29 is 28.6 Å². The van der Waals surface area contributed by atoms with Crippen molar-refractivity contribution in [3.8, 4) is 0 Å². The molecule has 0 amide bonds. The minimum atomic E-state index is -0.797. The predicted molar refractivity (Wildman–Crippen MR) is 357 cm³/mol. The summed E-state index contributed by atoms with van der Waals surface area (Å²) in [6.45, 7) is 6.52. The van der Waals surface area contributed by atoms with E-state index in [2.05, 4.69) is 142 Å².